The van der Waals surface area contributed by atoms with Crippen LogP contribution >= 0.6 is 11.6 Å². The number of tetrazole rings is 1. The lowest BCUT2D eigenvalue weighted by atomic mass is 9.95. The van der Waals surface area contributed by atoms with Gasteiger partial charge in [0.25, 0.3) is 0 Å². The first-order valence-corrected chi connectivity index (χ1v) is 10.2. The van der Waals surface area contributed by atoms with Gasteiger partial charge in [-0.05, 0) is 66.6 Å². The van der Waals surface area contributed by atoms with Gasteiger partial charge in [-0.1, -0.05) is 41.0 Å². The molecule has 0 saturated carbocycles. The van der Waals surface area contributed by atoms with Crippen LogP contribution in [0, 0.1) is 0 Å². The molecule has 1 aliphatic heterocycles. The topological polar surface area (TPSA) is 91.2 Å². The average molecular weight is 440 g/mol. The second-order valence-electron chi connectivity index (χ2n) is 7.45. The Balaban J connectivity index is 1.65. The Labute approximate surface area is 184 Å². The van der Waals surface area contributed by atoms with Gasteiger partial charge in [0.1, 0.15) is 18.4 Å². The van der Waals surface area contributed by atoms with E-state index < -0.39 is 12.0 Å². The first-order chi connectivity index (χ1) is 14.9. The highest BCUT2D eigenvalue weighted by atomic mass is 35.5. The highest BCUT2D eigenvalue weighted by Gasteiger charge is 2.35. The number of hydrogen-bond donors (Lipinski definition) is 1. The minimum absolute atomic E-state index is 0.252. The summed E-state index contributed by atoms with van der Waals surface area (Å²) in [5, 5.41) is 15.6. The number of ether oxygens (including phenoxy) is 2. The summed E-state index contributed by atoms with van der Waals surface area (Å²) in [6.07, 6.45) is -0.252. The van der Waals surface area contributed by atoms with Crippen molar-refractivity contribution in [3.8, 4) is 5.75 Å². The summed E-state index contributed by atoms with van der Waals surface area (Å²) >= 11 is 5.94. The van der Waals surface area contributed by atoms with Crippen molar-refractivity contribution < 1.29 is 14.3 Å². The average Bonchev–Trinajstić information content (AvgIpc) is 3.20. The lowest BCUT2D eigenvalue weighted by Gasteiger charge is -2.28. The molecule has 9 heteroatoms. The van der Waals surface area contributed by atoms with Crippen LogP contribution in [-0.2, 0) is 16.1 Å². The number of fused-ring (bicyclic) bond motifs is 1. The largest absolute Gasteiger partial charge is 0.489 e. The number of esters is 1. The standard InChI is InChI=1S/C22H22ClN5O3/c1-13(2)31-21(29)19-14(3)24-22-25-26-27-28(22)20(19)16-5-4-6-18(11-16)30-12-15-7-9-17(23)10-8-15/h4-11,13,20H,12H2,1-3H3,(H,24,25,27). The van der Waals surface area contributed by atoms with E-state index in [4.69, 9.17) is 21.1 Å². The lowest BCUT2D eigenvalue weighted by molar-refractivity contribution is -0.143. The van der Waals surface area contributed by atoms with E-state index in [2.05, 4.69) is 20.8 Å². The van der Waals surface area contributed by atoms with Gasteiger partial charge in [-0.25, -0.2) is 4.79 Å². The second-order valence-corrected chi connectivity index (χ2v) is 7.89. The molecule has 2 heterocycles. The summed E-state index contributed by atoms with van der Waals surface area (Å²) in [6.45, 7) is 5.82. The molecule has 160 valence electrons. The molecule has 1 unspecified atom stereocenters. The van der Waals surface area contributed by atoms with E-state index in [0.717, 1.165) is 11.1 Å². The van der Waals surface area contributed by atoms with Crippen molar-refractivity contribution >= 4 is 23.5 Å². The zero-order chi connectivity index (χ0) is 22.0. The van der Waals surface area contributed by atoms with Crippen LogP contribution in [0.3, 0.4) is 0 Å². The van der Waals surface area contributed by atoms with E-state index in [1.807, 2.05) is 69.3 Å². The molecule has 0 fully saturated rings. The zero-order valence-electron chi connectivity index (χ0n) is 17.4. The fourth-order valence-corrected chi connectivity index (χ4v) is 3.51. The summed E-state index contributed by atoms with van der Waals surface area (Å²) in [5.41, 5.74) is 2.89. The third kappa shape index (κ3) is 4.54. The van der Waals surface area contributed by atoms with Crippen molar-refractivity contribution in [3.63, 3.8) is 0 Å². The number of hydrogen-bond acceptors (Lipinski definition) is 7. The Morgan fingerprint density at radius 3 is 2.74 bits per heavy atom. The van der Waals surface area contributed by atoms with Crippen molar-refractivity contribution in [2.24, 2.45) is 0 Å². The number of anilines is 1. The molecule has 31 heavy (non-hydrogen) atoms. The van der Waals surface area contributed by atoms with Gasteiger partial charge < -0.3 is 14.8 Å². The minimum Gasteiger partial charge on any atom is -0.489 e. The highest BCUT2D eigenvalue weighted by Crippen LogP contribution is 2.36. The Morgan fingerprint density at radius 1 is 1.23 bits per heavy atom. The van der Waals surface area contributed by atoms with Crippen LogP contribution < -0.4 is 10.1 Å². The van der Waals surface area contributed by atoms with Crippen LogP contribution in [0.25, 0.3) is 0 Å². The fraction of sp³-hybridized carbons (Fsp3) is 0.273. The molecule has 1 N–H and O–H groups in total. The second kappa shape index (κ2) is 8.77. The molecule has 0 saturated heterocycles. The van der Waals surface area contributed by atoms with E-state index in [1.54, 1.807) is 4.68 Å². The number of nitrogens with zero attached hydrogens (tertiary/aromatic N) is 4. The van der Waals surface area contributed by atoms with Gasteiger partial charge in [-0.3, -0.25) is 0 Å². The summed E-state index contributed by atoms with van der Waals surface area (Å²) in [7, 11) is 0. The summed E-state index contributed by atoms with van der Waals surface area (Å²) in [5.74, 6) is 0.699. The van der Waals surface area contributed by atoms with Crippen molar-refractivity contribution in [2.45, 2.75) is 39.5 Å². The first kappa shape index (κ1) is 20.9. The molecule has 0 bridgehead atoms. The van der Waals surface area contributed by atoms with E-state index in [-0.39, 0.29) is 6.10 Å². The van der Waals surface area contributed by atoms with Crippen LogP contribution in [0.5, 0.6) is 5.75 Å². The number of benzene rings is 2. The smallest absolute Gasteiger partial charge is 0.338 e. The van der Waals surface area contributed by atoms with Crippen LogP contribution in [-0.4, -0.2) is 32.3 Å². The Morgan fingerprint density at radius 2 is 2.00 bits per heavy atom. The first-order valence-electron chi connectivity index (χ1n) is 9.86. The predicted octanol–water partition coefficient (Wildman–Crippen LogP) is 4.15. The molecule has 2 aromatic carbocycles. The number of rotatable bonds is 6. The number of aromatic nitrogens is 4. The molecule has 8 nitrogen and oxygen atoms in total. The van der Waals surface area contributed by atoms with Gasteiger partial charge in [0.05, 0.1) is 11.7 Å². The molecule has 3 aromatic rings. The van der Waals surface area contributed by atoms with Crippen molar-refractivity contribution in [1.29, 1.82) is 0 Å². The van der Waals surface area contributed by atoms with Crippen LogP contribution in [0.15, 0.2) is 59.8 Å². The Kier molecular flexibility index (Phi) is 5.90. The van der Waals surface area contributed by atoms with Gasteiger partial charge in [0.15, 0.2) is 0 Å². The molecule has 0 aliphatic carbocycles. The third-order valence-corrected chi connectivity index (χ3v) is 5.02. The molecule has 4 rings (SSSR count). The number of halogens is 1. The number of nitrogens with one attached hydrogen (secondary N) is 1. The maximum absolute atomic E-state index is 12.9. The maximum atomic E-state index is 12.9. The fourth-order valence-electron chi connectivity index (χ4n) is 3.38. The van der Waals surface area contributed by atoms with E-state index in [1.165, 1.54) is 0 Å². The third-order valence-electron chi connectivity index (χ3n) is 4.77. The van der Waals surface area contributed by atoms with Gasteiger partial charge in [0.2, 0.25) is 5.95 Å². The number of carbonyl (C=O) groups is 1. The van der Waals surface area contributed by atoms with Crippen LogP contribution in [0.1, 0.15) is 37.9 Å². The highest BCUT2D eigenvalue weighted by molar-refractivity contribution is 6.30. The Hall–Kier alpha value is -3.39. The molecular formula is C22H22ClN5O3. The number of allylic oxidation sites excluding steroid dienone is 1. The summed E-state index contributed by atoms with van der Waals surface area (Å²) < 4.78 is 13.0. The van der Waals surface area contributed by atoms with Crippen molar-refractivity contribution in [2.75, 3.05) is 5.32 Å². The molecule has 0 radical (unpaired) electrons. The molecule has 1 aliphatic rings. The normalized spacial score (nSPS) is 15.5. The molecule has 1 atom stereocenters. The van der Waals surface area contributed by atoms with E-state index >= 15 is 0 Å². The minimum atomic E-state index is -0.545. The van der Waals surface area contributed by atoms with Crippen LogP contribution in [0.2, 0.25) is 5.02 Å². The van der Waals surface area contributed by atoms with Gasteiger partial charge in [0, 0.05) is 10.7 Å². The van der Waals surface area contributed by atoms with Gasteiger partial charge in [-0.2, -0.15) is 4.68 Å². The Bertz CT molecular complexity index is 1120. The van der Waals surface area contributed by atoms with Crippen molar-refractivity contribution in [3.05, 3.63) is 76.0 Å². The maximum Gasteiger partial charge on any atom is 0.338 e. The van der Waals surface area contributed by atoms with E-state index in [9.17, 15) is 4.79 Å². The predicted molar refractivity (Wildman–Crippen MR) is 116 cm³/mol. The quantitative estimate of drug-likeness (QED) is 0.577. The molecular weight excluding hydrogens is 418 g/mol. The monoisotopic (exact) mass is 439 g/mol. The SMILES string of the molecule is CC1=C(C(=O)OC(C)C)C(c2cccc(OCc3ccc(Cl)cc3)c2)n2nnnc2N1. The van der Waals surface area contributed by atoms with Gasteiger partial charge in [-0.15, -0.1) is 0 Å². The molecule has 0 amide bonds. The zero-order valence-corrected chi connectivity index (χ0v) is 18.1. The van der Waals surface area contributed by atoms with E-state index in [0.29, 0.717) is 34.6 Å². The lowest BCUT2D eigenvalue weighted by Crippen LogP contribution is -2.30. The molecule has 1 aromatic heterocycles. The molecule has 0 spiro atoms. The number of carbonyl (C=O) groups excluding carboxylic acids is 1. The summed E-state index contributed by atoms with van der Waals surface area (Å²) in [6, 6.07) is 14.5. The summed E-state index contributed by atoms with van der Waals surface area (Å²) in [4.78, 5) is 12.9. The van der Waals surface area contributed by atoms with Gasteiger partial charge >= 0.3 is 5.97 Å². The van der Waals surface area contributed by atoms with Crippen molar-refractivity contribution in [1.82, 2.24) is 20.2 Å². The van der Waals surface area contributed by atoms with Crippen LogP contribution in [0.4, 0.5) is 5.95 Å².